The Morgan fingerprint density at radius 1 is 0.895 bits per heavy atom. The zero-order valence-corrected chi connectivity index (χ0v) is 22.8. The molecule has 1 unspecified atom stereocenters. The summed E-state index contributed by atoms with van der Waals surface area (Å²) in [5.41, 5.74) is 1.82. The molecule has 0 aliphatic carbocycles. The van der Waals surface area contributed by atoms with Gasteiger partial charge in [0.2, 0.25) is 0 Å². The van der Waals surface area contributed by atoms with Crippen LogP contribution in [-0.4, -0.2) is 32.6 Å². The van der Waals surface area contributed by atoms with Crippen molar-refractivity contribution in [2.75, 3.05) is 6.54 Å². The molecule has 202 valence electrons. The minimum Gasteiger partial charge on any atom is -0.461 e. The fourth-order valence-electron chi connectivity index (χ4n) is 3.50. The first kappa shape index (κ1) is 28.7. The van der Waals surface area contributed by atoms with Gasteiger partial charge in [-0.2, -0.15) is 8.42 Å². The number of carbonyl (C=O) groups is 2. The van der Waals surface area contributed by atoms with Gasteiger partial charge in [-0.25, -0.2) is 4.79 Å². The quantitative estimate of drug-likeness (QED) is 0.268. The topological polar surface area (TPSA) is 108 Å². The number of aryl methyl sites for hydroxylation is 1. The lowest BCUT2D eigenvalue weighted by atomic mass is 9.95. The van der Waals surface area contributed by atoms with Crippen molar-refractivity contribution in [1.29, 1.82) is 0 Å². The number of hydrogen-bond acceptors (Lipinski definition) is 7. The van der Waals surface area contributed by atoms with Crippen molar-refractivity contribution in [3.8, 4) is 5.75 Å². The van der Waals surface area contributed by atoms with Crippen molar-refractivity contribution in [2.45, 2.75) is 57.1 Å². The molecule has 3 rings (SSSR count). The molecule has 0 radical (unpaired) electrons. The molecule has 0 aliphatic rings. The smallest absolute Gasteiger partial charge is 0.407 e. The summed E-state index contributed by atoms with van der Waals surface area (Å²) in [6.07, 6.45) is -0.617. The summed E-state index contributed by atoms with van der Waals surface area (Å²) >= 11 is 0. The predicted molar refractivity (Wildman–Crippen MR) is 143 cm³/mol. The van der Waals surface area contributed by atoms with Crippen LogP contribution in [0.5, 0.6) is 5.75 Å². The minimum absolute atomic E-state index is 0.00942. The molecule has 0 saturated carbocycles. The van der Waals surface area contributed by atoms with E-state index in [-0.39, 0.29) is 30.2 Å². The SMILES string of the molecule is Cc1ccc(S(=O)(=O)Oc2ccc(C(CNC(=O)OC(C)(C)C)CC(=O)OCc3ccccc3)cc2)cc1. The number of rotatable bonds is 10. The van der Waals surface area contributed by atoms with Gasteiger partial charge in [0.05, 0.1) is 6.42 Å². The molecule has 1 amide bonds. The zero-order chi connectivity index (χ0) is 27.8. The fraction of sp³-hybridized carbons (Fsp3) is 0.310. The summed E-state index contributed by atoms with van der Waals surface area (Å²) in [6, 6.07) is 22.0. The number of esters is 1. The summed E-state index contributed by atoms with van der Waals surface area (Å²) in [7, 11) is -4.00. The zero-order valence-electron chi connectivity index (χ0n) is 22.0. The van der Waals surface area contributed by atoms with Crippen LogP contribution in [0.1, 0.15) is 49.8 Å². The van der Waals surface area contributed by atoms with Gasteiger partial charge in [-0.15, -0.1) is 0 Å². The summed E-state index contributed by atoms with van der Waals surface area (Å²) in [4.78, 5) is 24.9. The highest BCUT2D eigenvalue weighted by Crippen LogP contribution is 2.25. The van der Waals surface area contributed by atoms with Crippen molar-refractivity contribution in [1.82, 2.24) is 5.32 Å². The molecule has 9 heteroatoms. The van der Waals surface area contributed by atoms with Crippen LogP contribution >= 0.6 is 0 Å². The Labute approximate surface area is 224 Å². The maximum Gasteiger partial charge on any atom is 0.407 e. The van der Waals surface area contributed by atoms with Crippen LogP contribution in [0.3, 0.4) is 0 Å². The van der Waals surface area contributed by atoms with Gasteiger partial charge in [0.15, 0.2) is 0 Å². The van der Waals surface area contributed by atoms with E-state index in [1.807, 2.05) is 37.3 Å². The summed E-state index contributed by atoms with van der Waals surface area (Å²) in [6.45, 7) is 7.38. The molecule has 38 heavy (non-hydrogen) atoms. The van der Waals surface area contributed by atoms with Gasteiger partial charge >= 0.3 is 22.2 Å². The summed E-state index contributed by atoms with van der Waals surface area (Å²) in [5, 5.41) is 2.70. The van der Waals surface area contributed by atoms with Crippen molar-refractivity contribution in [2.24, 2.45) is 0 Å². The molecule has 0 saturated heterocycles. The van der Waals surface area contributed by atoms with E-state index in [0.29, 0.717) is 5.56 Å². The van der Waals surface area contributed by atoms with E-state index in [2.05, 4.69) is 5.32 Å². The number of alkyl carbamates (subject to hydrolysis) is 1. The molecule has 0 heterocycles. The first-order valence-corrected chi connectivity index (χ1v) is 13.6. The van der Waals surface area contributed by atoms with Crippen molar-refractivity contribution >= 4 is 22.2 Å². The lowest BCUT2D eigenvalue weighted by Gasteiger charge is -2.22. The lowest BCUT2D eigenvalue weighted by molar-refractivity contribution is -0.145. The van der Waals surface area contributed by atoms with E-state index >= 15 is 0 Å². The highest BCUT2D eigenvalue weighted by atomic mass is 32.2. The van der Waals surface area contributed by atoms with E-state index in [1.165, 1.54) is 24.3 Å². The molecule has 1 N–H and O–H groups in total. The Kier molecular flexibility index (Phi) is 9.52. The van der Waals surface area contributed by atoms with E-state index in [4.69, 9.17) is 13.7 Å². The Bertz CT molecular complexity index is 1310. The lowest BCUT2D eigenvalue weighted by Crippen LogP contribution is -2.35. The second-order valence-electron chi connectivity index (χ2n) is 9.85. The summed E-state index contributed by atoms with van der Waals surface area (Å²) in [5.74, 6) is -0.763. The van der Waals surface area contributed by atoms with Crippen LogP contribution in [0.4, 0.5) is 4.79 Å². The van der Waals surface area contributed by atoms with Crippen LogP contribution in [0.25, 0.3) is 0 Å². The highest BCUT2D eigenvalue weighted by molar-refractivity contribution is 7.87. The Morgan fingerprint density at radius 3 is 2.13 bits per heavy atom. The van der Waals surface area contributed by atoms with Crippen LogP contribution < -0.4 is 9.50 Å². The molecule has 1 atom stereocenters. The van der Waals surface area contributed by atoms with Gasteiger partial charge in [-0.3, -0.25) is 4.79 Å². The second kappa shape index (κ2) is 12.6. The second-order valence-corrected chi connectivity index (χ2v) is 11.4. The largest absolute Gasteiger partial charge is 0.461 e. The van der Waals surface area contributed by atoms with E-state index < -0.39 is 33.7 Å². The fourth-order valence-corrected chi connectivity index (χ4v) is 4.43. The molecule has 0 bridgehead atoms. The Hall–Kier alpha value is -3.85. The molecule has 0 spiro atoms. The molecular weight excluding hydrogens is 506 g/mol. The maximum atomic E-state index is 12.6. The third kappa shape index (κ3) is 9.23. The standard InChI is InChI=1S/C29H33NO7S/c1-21-10-16-26(17-11-21)38(33,34)37-25-14-12-23(13-15-25)24(19-30-28(32)36-29(2,3)4)18-27(31)35-20-22-8-6-5-7-9-22/h5-17,24H,18-20H2,1-4H3,(H,30,32). The number of benzene rings is 3. The maximum absolute atomic E-state index is 12.6. The van der Waals surface area contributed by atoms with E-state index in [0.717, 1.165) is 11.1 Å². The number of hydrogen-bond donors (Lipinski definition) is 1. The van der Waals surface area contributed by atoms with Crippen molar-refractivity contribution in [3.63, 3.8) is 0 Å². The van der Waals surface area contributed by atoms with Crippen LogP contribution in [0.2, 0.25) is 0 Å². The van der Waals surface area contributed by atoms with Crippen molar-refractivity contribution in [3.05, 3.63) is 95.6 Å². The van der Waals surface area contributed by atoms with Crippen LogP contribution in [0.15, 0.2) is 83.8 Å². The van der Waals surface area contributed by atoms with E-state index in [1.54, 1.807) is 45.0 Å². The van der Waals surface area contributed by atoms with Crippen LogP contribution in [0, 0.1) is 6.92 Å². The third-order valence-corrected chi connectivity index (χ3v) is 6.68. The molecule has 0 fully saturated rings. The van der Waals surface area contributed by atoms with Crippen LogP contribution in [-0.2, 0) is 31.0 Å². The average molecular weight is 540 g/mol. The Balaban J connectivity index is 1.71. The highest BCUT2D eigenvalue weighted by Gasteiger charge is 2.22. The van der Waals surface area contributed by atoms with Crippen molar-refractivity contribution < 1.29 is 31.7 Å². The first-order valence-electron chi connectivity index (χ1n) is 12.2. The molecule has 0 aromatic heterocycles. The minimum atomic E-state index is -4.00. The van der Waals surface area contributed by atoms with E-state index in [9.17, 15) is 18.0 Å². The molecule has 8 nitrogen and oxygen atoms in total. The third-order valence-electron chi connectivity index (χ3n) is 5.41. The Morgan fingerprint density at radius 2 is 1.53 bits per heavy atom. The average Bonchev–Trinajstić information content (AvgIpc) is 2.85. The van der Waals surface area contributed by atoms with Gasteiger partial charge in [-0.1, -0.05) is 60.2 Å². The predicted octanol–water partition coefficient (Wildman–Crippen LogP) is 5.50. The molecule has 0 aliphatic heterocycles. The van der Waals surface area contributed by atoms with Gasteiger partial charge in [0.1, 0.15) is 22.9 Å². The normalized spacial score (nSPS) is 12.3. The van der Waals surface area contributed by atoms with Gasteiger partial charge in [-0.05, 0) is 63.1 Å². The number of amides is 1. The number of ether oxygens (including phenoxy) is 2. The number of nitrogens with one attached hydrogen (secondary N) is 1. The molecule has 3 aromatic rings. The van der Waals surface area contributed by atoms with Gasteiger partial charge < -0.3 is 19.0 Å². The number of carbonyl (C=O) groups excluding carboxylic acids is 2. The first-order chi connectivity index (χ1) is 17.9. The van der Waals surface area contributed by atoms with Gasteiger partial charge in [0, 0.05) is 12.5 Å². The molecule has 3 aromatic carbocycles. The monoisotopic (exact) mass is 539 g/mol. The van der Waals surface area contributed by atoms with Gasteiger partial charge in [0.25, 0.3) is 0 Å². The summed E-state index contributed by atoms with van der Waals surface area (Å²) < 4.78 is 41.2. The molecular formula is C29H33NO7S.